The molecule has 0 radical (unpaired) electrons. The van der Waals surface area contributed by atoms with Crippen LogP contribution < -0.4 is 10.1 Å². The van der Waals surface area contributed by atoms with Crippen molar-refractivity contribution in [1.82, 2.24) is 15.1 Å². The number of benzene rings is 1. The first-order valence-electron chi connectivity index (χ1n) is 7.79. The Labute approximate surface area is 143 Å². The van der Waals surface area contributed by atoms with Crippen LogP contribution in [-0.2, 0) is 17.9 Å². The lowest BCUT2D eigenvalue weighted by Gasteiger charge is -2.10. The van der Waals surface area contributed by atoms with Gasteiger partial charge in [0, 0.05) is 25.2 Å². The highest BCUT2D eigenvalue weighted by atomic mass is 19.4. The summed E-state index contributed by atoms with van der Waals surface area (Å²) in [4.78, 5) is 11.9. The van der Waals surface area contributed by atoms with Gasteiger partial charge in [0.2, 0.25) is 5.91 Å². The van der Waals surface area contributed by atoms with Gasteiger partial charge in [0.1, 0.15) is 5.75 Å². The van der Waals surface area contributed by atoms with Crippen molar-refractivity contribution in [2.45, 2.75) is 39.5 Å². The molecule has 136 valence electrons. The summed E-state index contributed by atoms with van der Waals surface area (Å²) in [7, 11) is 0. The number of aromatic nitrogens is 2. The average molecular weight is 355 g/mol. The van der Waals surface area contributed by atoms with Gasteiger partial charge in [0.15, 0.2) is 6.61 Å². The largest absolute Gasteiger partial charge is 0.484 e. The summed E-state index contributed by atoms with van der Waals surface area (Å²) < 4.78 is 42.6. The fourth-order valence-corrected chi connectivity index (χ4v) is 2.27. The lowest BCUT2D eigenvalue weighted by atomic mass is 10.2. The Morgan fingerprint density at radius 1 is 1.24 bits per heavy atom. The van der Waals surface area contributed by atoms with E-state index < -0.39 is 12.8 Å². The summed E-state index contributed by atoms with van der Waals surface area (Å²) in [6, 6.07) is 8.08. The Morgan fingerprint density at radius 3 is 2.48 bits per heavy atom. The maximum atomic E-state index is 12.1. The molecule has 0 bridgehead atoms. The molecule has 1 N–H and O–H groups in total. The molecule has 0 atom stereocenters. The van der Waals surface area contributed by atoms with Crippen LogP contribution >= 0.6 is 0 Å². The topological polar surface area (TPSA) is 56.2 Å². The van der Waals surface area contributed by atoms with Crippen LogP contribution in [-0.4, -0.2) is 28.5 Å². The van der Waals surface area contributed by atoms with Crippen LogP contribution in [0, 0.1) is 13.8 Å². The summed E-state index contributed by atoms with van der Waals surface area (Å²) >= 11 is 0. The zero-order valence-electron chi connectivity index (χ0n) is 14.1. The Morgan fingerprint density at radius 2 is 1.92 bits per heavy atom. The number of hydrogen-bond donors (Lipinski definition) is 1. The van der Waals surface area contributed by atoms with E-state index in [0.29, 0.717) is 19.5 Å². The predicted molar refractivity (Wildman–Crippen MR) is 86.2 cm³/mol. The molecule has 0 aliphatic rings. The van der Waals surface area contributed by atoms with E-state index in [0.717, 1.165) is 17.0 Å². The van der Waals surface area contributed by atoms with Crippen LogP contribution in [0.15, 0.2) is 30.3 Å². The molecular formula is C17H20F3N3O2. The van der Waals surface area contributed by atoms with Crippen molar-refractivity contribution in [3.05, 3.63) is 47.3 Å². The van der Waals surface area contributed by atoms with Crippen molar-refractivity contribution in [1.29, 1.82) is 0 Å². The Kier molecular flexibility index (Phi) is 6.06. The smallest absolute Gasteiger partial charge is 0.422 e. The van der Waals surface area contributed by atoms with Crippen LogP contribution in [0.5, 0.6) is 5.75 Å². The minimum Gasteiger partial charge on any atom is -0.484 e. The second-order valence-corrected chi connectivity index (χ2v) is 5.72. The van der Waals surface area contributed by atoms with Gasteiger partial charge in [-0.1, -0.05) is 12.1 Å². The Bertz CT molecular complexity index is 709. The third kappa shape index (κ3) is 6.48. The quantitative estimate of drug-likeness (QED) is 0.830. The highest BCUT2D eigenvalue weighted by Crippen LogP contribution is 2.18. The van der Waals surface area contributed by atoms with Crippen molar-refractivity contribution in [2.24, 2.45) is 0 Å². The van der Waals surface area contributed by atoms with Gasteiger partial charge in [0.05, 0.1) is 5.69 Å². The summed E-state index contributed by atoms with van der Waals surface area (Å²) in [6.07, 6.45) is -4.06. The maximum absolute atomic E-state index is 12.1. The number of nitrogens with one attached hydrogen (secondary N) is 1. The van der Waals surface area contributed by atoms with E-state index in [4.69, 9.17) is 0 Å². The monoisotopic (exact) mass is 355 g/mol. The third-order valence-corrected chi connectivity index (χ3v) is 3.47. The van der Waals surface area contributed by atoms with Gasteiger partial charge >= 0.3 is 6.18 Å². The van der Waals surface area contributed by atoms with E-state index in [1.54, 1.807) is 16.8 Å². The van der Waals surface area contributed by atoms with E-state index in [-0.39, 0.29) is 11.7 Å². The third-order valence-electron chi connectivity index (χ3n) is 3.47. The number of carbonyl (C=O) groups excluding carboxylic acids is 1. The van der Waals surface area contributed by atoms with Crippen molar-refractivity contribution < 1.29 is 22.7 Å². The summed E-state index contributed by atoms with van der Waals surface area (Å²) in [5, 5.41) is 7.06. The minimum absolute atomic E-state index is 0.120. The van der Waals surface area contributed by atoms with E-state index in [1.807, 2.05) is 19.9 Å². The molecule has 1 aromatic carbocycles. The number of aryl methyl sites for hydroxylation is 3. The molecule has 1 heterocycles. The molecule has 2 rings (SSSR count). The molecule has 0 fully saturated rings. The summed E-state index contributed by atoms with van der Waals surface area (Å²) in [5.74, 6) is 0.0156. The molecule has 0 saturated carbocycles. The number of ether oxygens (including phenoxy) is 1. The fraction of sp³-hybridized carbons (Fsp3) is 0.412. The fourth-order valence-electron chi connectivity index (χ4n) is 2.27. The number of alkyl halides is 3. The van der Waals surface area contributed by atoms with Gasteiger partial charge in [-0.2, -0.15) is 18.3 Å². The standard InChI is InChI=1S/C17H20F3N3O2/c1-12-9-13(2)23(22-12)8-7-16(24)21-10-14-3-5-15(6-4-14)25-11-17(18,19)20/h3-6,9H,7-8,10-11H2,1-2H3,(H,21,24). The lowest BCUT2D eigenvalue weighted by Crippen LogP contribution is -2.24. The van der Waals surface area contributed by atoms with Gasteiger partial charge in [-0.3, -0.25) is 9.48 Å². The van der Waals surface area contributed by atoms with Crippen LogP contribution in [0.1, 0.15) is 23.4 Å². The van der Waals surface area contributed by atoms with Crippen molar-refractivity contribution in [2.75, 3.05) is 6.61 Å². The molecule has 0 aliphatic heterocycles. The summed E-state index contributed by atoms with van der Waals surface area (Å²) in [6.45, 7) is 3.30. The zero-order chi connectivity index (χ0) is 18.4. The van der Waals surface area contributed by atoms with E-state index >= 15 is 0 Å². The SMILES string of the molecule is Cc1cc(C)n(CCC(=O)NCc2ccc(OCC(F)(F)F)cc2)n1. The Balaban J connectivity index is 1.75. The molecule has 0 spiro atoms. The number of amides is 1. The number of carbonyl (C=O) groups is 1. The van der Waals surface area contributed by atoms with E-state index in [9.17, 15) is 18.0 Å². The average Bonchev–Trinajstić information content (AvgIpc) is 2.87. The highest BCUT2D eigenvalue weighted by Gasteiger charge is 2.28. The molecule has 1 aromatic heterocycles. The number of rotatable bonds is 7. The molecule has 5 nitrogen and oxygen atoms in total. The van der Waals surface area contributed by atoms with Crippen molar-refractivity contribution in [3.8, 4) is 5.75 Å². The first kappa shape index (κ1) is 18.8. The van der Waals surface area contributed by atoms with Crippen LogP contribution in [0.4, 0.5) is 13.2 Å². The van der Waals surface area contributed by atoms with Gasteiger partial charge in [-0.15, -0.1) is 0 Å². The molecule has 25 heavy (non-hydrogen) atoms. The van der Waals surface area contributed by atoms with Crippen LogP contribution in [0.2, 0.25) is 0 Å². The predicted octanol–water partition coefficient (Wildman–Crippen LogP) is 3.15. The van der Waals surface area contributed by atoms with Gasteiger partial charge in [-0.05, 0) is 37.6 Å². The molecule has 8 heteroatoms. The van der Waals surface area contributed by atoms with Crippen molar-refractivity contribution in [3.63, 3.8) is 0 Å². The first-order chi connectivity index (χ1) is 11.7. The molecular weight excluding hydrogens is 335 g/mol. The van der Waals surface area contributed by atoms with Gasteiger partial charge in [-0.25, -0.2) is 0 Å². The van der Waals surface area contributed by atoms with E-state index in [2.05, 4.69) is 15.2 Å². The normalized spacial score (nSPS) is 11.4. The Hall–Kier alpha value is -2.51. The van der Waals surface area contributed by atoms with Gasteiger partial charge < -0.3 is 10.1 Å². The number of hydrogen-bond acceptors (Lipinski definition) is 3. The number of nitrogens with zero attached hydrogens (tertiary/aromatic N) is 2. The van der Waals surface area contributed by atoms with Crippen LogP contribution in [0.3, 0.4) is 0 Å². The number of halogens is 3. The zero-order valence-corrected chi connectivity index (χ0v) is 14.1. The first-order valence-corrected chi connectivity index (χ1v) is 7.79. The minimum atomic E-state index is -4.36. The molecule has 0 aliphatic carbocycles. The second-order valence-electron chi connectivity index (χ2n) is 5.72. The van der Waals surface area contributed by atoms with Crippen LogP contribution in [0.25, 0.3) is 0 Å². The van der Waals surface area contributed by atoms with E-state index in [1.165, 1.54) is 12.1 Å². The second kappa shape index (κ2) is 8.04. The molecule has 2 aromatic rings. The van der Waals surface area contributed by atoms with Crippen molar-refractivity contribution >= 4 is 5.91 Å². The molecule has 0 saturated heterocycles. The van der Waals surface area contributed by atoms with Gasteiger partial charge in [0.25, 0.3) is 0 Å². The molecule has 1 amide bonds. The highest BCUT2D eigenvalue weighted by molar-refractivity contribution is 5.75. The summed E-state index contributed by atoms with van der Waals surface area (Å²) in [5.41, 5.74) is 2.68. The molecule has 0 unspecified atom stereocenters. The maximum Gasteiger partial charge on any atom is 0.422 e. The lowest BCUT2D eigenvalue weighted by molar-refractivity contribution is -0.153.